The second-order valence-electron chi connectivity index (χ2n) is 11.4. The molecule has 0 radical (unpaired) electrons. The Balaban J connectivity index is 1.25. The molecule has 2 unspecified atom stereocenters. The van der Waals surface area contributed by atoms with E-state index < -0.39 is 5.97 Å². The number of aromatic carboxylic acids is 1. The van der Waals surface area contributed by atoms with Gasteiger partial charge in [0.1, 0.15) is 0 Å². The largest absolute Gasteiger partial charge is 0.490 e. The lowest BCUT2D eigenvalue weighted by atomic mass is 9.46. The van der Waals surface area contributed by atoms with Crippen molar-refractivity contribution in [3.05, 3.63) is 30.4 Å². The molecule has 186 valence electrons. The number of carboxylic acid groups (broad SMARTS) is 1. The molecule has 34 heavy (non-hydrogen) atoms. The first-order chi connectivity index (χ1) is 16.3. The fourth-order valence-corrected chi connectivity index (χ4v) is 7.66. The average molecular weight is 471 g/mol. The quantitative estimate of drug-likeness (QED) is 0.567. The first-order valence-electron chi connectivity index (χ1n) is 12.9. The number of aromatic nitrogens is 2. The van der Waals surface area contributed by atoms with Gasteiger partial charge >= 0.3 is 5.97 Å². The van der Waals surface area contributed by atoms with Gasteiger partial charge in [0.2, 0.25) is 5.82 Å². The maximum atomic E-state index is 11.0. The van der Waals surface area contributed by atoms with Crippen molar-refractivity contribution < 1.29 is 24.1 Å². The van der Waals surface area contributed by atoms with Crippen LogP contribution in [0.5, 0.6) is 5.75 Å². The third-order valence-corrected chi connectivity index (χ3v) is 9.45. The Morgan fingerprint density at radius 1 is 1.18 bits per heavy atom. The summed E-state index contributed by atoms with van der Waals surface area (Å²) >= 11 is 0. The summed E-state index contributed by atoms with van der Waals surface area (Å²) in [5.74, 6) is 0.602. The maximum absolute atomic E-state index is 11.0. The molecule has 1 aromatic heterocycles. The van der Waals surface area contributed by atoms with E-state index in [1.165, 1.54) is 43.7 Å². The SMILES string of the molecule is C=C1CCC2[C@]3(C)COC(C4CCCC4)O[C@@H]3CC[C@@]2(C)[C@@H]1CCOc1cnc(C(=O)O)nc1. The molecular formula is C27H38N2O5. The summed E-state index contributed by atoms with van der Waals surface area (Å²) in [7, 11) is 0. The summed E-state index contributed by atoms with van der Waals surface area (Å²) in [6, 6.07) is 0. The Kier molecular flexibility index (Phi) is 6.44. The van der Waals surface area contributed by atoms with Gasteiger partial charge in [0.15, 0.2) is 12.0 Å². The first-order valence-corrected chi connectivity index (χ1v) is 12.9. The fourth-order valence-electron chi connectivity index (χ4n) is 7.66. The van der Waals surface area contributed by atoms with Gasteiger partial charge < -0.3 is 19.3 Å². The van der Waals surface area contributed by atoms with Gasteiger partial charge in [-0.1, -0.05) is 38.8 Å². The number of hydrogen-bond acceptors (Lipinski definition) is 6. The van der Waals surface area contributed by atoms with Crippen molar-refractivity contribution in [1.82, 2.24) is 9.97 Å². The van der Waals surface area contributed by atoms with Crippen molar-refractivity contribution in [2.75, 3.05) is 13.2 Å². The number of hydrogen-bond donors (Lipinski definition) is 1. The predicted molar refractivity (Wildman–Crippen MR) is 126 cm³/mol. The molecule has 4 fully saturated rings. The predicted octanol–water partition coefficient (Wildman–Crippen LogP) is 5.26. The Bertz CT molecular complexity index is 914. The summed E-state index contributed by atoms with van der Waals surface area (Å²) < 4.78 is 19.0. The molecule has 0 bridgehead atoms. The van der Waals surface area contributed by atoms with Gasteiger partial charge in [-0.05, 0) is 62.2 Å². The monoisotopic (exact) mass is 470 g/mol. The maximum Gasteiger partial charge on any atom is 0.373 e. The molecule has 1 N–H and O–H groups in total. The number of fused-ring (bicyclic) bond motifs is 3. The number of carbonyl (C=O) groups is 1. The fraction of sp³-hybridized carbons (Fsp3) is 0.741. The van der Waals surface area contributed by atoms with Gasteiger partial charge in [0.05, 0.1) is 31.7 Å². The molecule has 4 aliphatic rings. The van der Waals surface area contributed by atoms with Gasteiger partial charge in [0, 0.05) is 11.3 Å². The van der Waals surface area contributed by atoms with E-state index in [-0.39, 0.29) is 29.0 Å². The number of nitrogens with zero attached hydrogens (tertiary/aromatic N) is 2. The third kappa shape index (κ3) is 4.15. The van der Waals surface area contributed by atoms with Crippen LogP contribution in [0.1, 0.15) is 82.3 Å². The van der Waals surface area contributed by atoms with Crippen molar-refractivity contribution in [2.24, 2.45) is 28.6 Å². The normalized spacial score (nSPS) is 38.2. The van der Waals surface area contributed by atoms with Gasteiger partial charge in [-0.25, -0.2) is 14.8 Å². The van der Waals surface area contributed by atoms with E-state index in [4.69, 9.17) is 19.3 Å². The van der Waals surface area contributed by atoms with Crippen LogP contribution in [0, 0.1) is 28.6 Å². The van der Waals surface area contributed by atoms with Crippen LogP contribution in [-0.2, 0) is 9.47 Å². The highest BCUT2D eigenvalue weighted by Gasteiger charge is 2.60. The van der Waals surface area contributed by atoms with Crippen LogP contribution < -0.4 is 4.74 Å². The highest BCUT2D eigenvalue weighted by atomic mass is 16.7. The number of carboxylic acids is 1. The molecule has 3 aliphatic carbocycles. The van der Waals surface area contributed by atoms with Gasteiger partial charge in [-0.3, -0.25) is 0 Å². The summed E-state index contributed by atoms with van der Waals surface area (Å²) in [4.78, 5) is 18.6. The van der Waals surface area contributed by atoms with Crippen LogP contribution in [-0.4, -0.2) is 46.7 Å². The summed E-state index contributed by atoms with van der Waals surface area (Å²) in [5, 5.41) is 8.97. The van der Waals surface area contributed by atoms with Crippen molar-refractivity contribution in [2.45, 2.75) is 84.0 Å². The molecule has 1 aromatic rings. The smallest absolute Gasteiger partial charge is 0.373 e. The van der Waals surface area contributed by atoms with Crippen LogP contribution in [0.15, 0.2) is 24.5 Å². The zero-order valence-corrected chi connectivity index (χ0v) is 20.5. The minimum atomic E-state index is -1.14. The molecule has 2 heterocycles. The van der Waals surface area contributed by atoms with Gasteiger partial charge in [-0.2, -0.15) is 0 Å². The first kappa shape index (κ1) is 23.7. The molecule has 7 nitrogen and oxygen atoms in total. The summed E-state index contributed by atoms with van der Waals surface area (Å²) in [6.45, 7) is 10.6. The number of allylic oxidation sites excluding steroid dienone is 1. The van der Waals surface area contributed by atoms with Crippen molar-refractivity contribution in [1.29, 1.82) is 0 Å². The standard InChI is InChI=1S/C27H38N2O5/c1-17-8-9-21-26(2,20(17)11-13-32-19-14-28-23(24(30)31)29-15-19)12-10-22-27(21,3)16-33-25(34-22)18-6-4-5-7-18/h14-15,18,20-22,25H,1,4-13,16H2,2-3H3,(H,30,31)/t20-,21?,22-,25?,26+,27+/m1/s1. The van der Waals surface area contributed by atoms with Crippen LogP contribution in [0.2, 0.25) is 0 Å². The average Bonchev–Trinajstić information content (AvgIpc) is 3.35. The molecule has 0 amide bonds. The summed E-state index contributed by atoms with van der Waals surface area (Å²) in [6.07, 6.45) is 13.5. The molecule has 6 atom stereocenters. The van der Waals surface area contributed by atoms with Crippen molar-refractivity contribution >= 4 is 5.97 Å². The summed E-state index contributed by atoms with van der Waals surface area (Å²) in [5.41, 5.74) is 1.49. The molecule has 1 aliphatic heterocycles. The number of rotatable bonds is 6. The van der Waals surface area contributed by atoms with Crippen molar-refractivity contribution in [3.63, 3.8) is 0 Å². The van der Waals surface area contributed by atoms with Crippen LogP contribution >= 0.6 is 0 Å². The Morgan fingerprint density at radius 3 is 2.62 bits per heavy atom. The third-order valence-electron chi connectivity index (χ3n) is 9.45. The molecule has 1 saturated heterocycles. The lowest BCUT2D eigenvalue weighted by Crippen LogP contribution is -2.62. The molecule has 0 aromatic carbocycles. The Morgan fingerprint density at radius 2 is 1.91 bits per heavy atom. The van der Waals surface area contributed by atoms with E-state index >= 15 is 0 Å². The van der Waals surface area contributed by atoms with E-state index in [9.17, 15) is 4.79 Å². The second kappa shape index (κ2) is 9.23. The highest BCUT2D eigenvalue weighted by molar-refractivity contribution is 5.82. The van der Waals surface area contributed by atoms with Crippen LogP contribution in [0.3, 0.4) is 0 Å². The van der Waals surface area contributed by atoms with E-state index in [1.807, 2.05) is 0 Å². The van der Waals surface area contributed by atoms with Crippen LogP contribution in [0.25, 0.3) is 0 Å². The molecule has 5 rings (SSSR count). The minimum Gasteiger partial charge on any atom is -0.490 e. The van der Waals surface area contributed by atoms with Crippen molar-refractivity contribution in [3.8, 4) is 5.75 Å². The minimum absolute atomic E-state index is 0.0116. The zero-order chi connectivity index (χ0) is 23.9. The topological polar surface area (TPSA) is 90.8 Å². The van der Waals surface area contributed by atoms with Gasteiger partial charge in [-0.15, -0.1) is 0 Å². The van der Waals surface area contributed by atoms with E-state index in [2.05, 4.69) is 30.4 Å². The Labute approximate surface area is 202 Å². The molecule has 7 heteroatoms. The molecular weight excluding hydrogens is 432 g/mol. The van der Waals surface area contributed by atoms with E-state index in [1.54, 1.807) is 0 Å². The lowest BCUT2D eigenvalue weighted by molar-refractivity contribution is -0.316. The van der Waals surface area contributed by atoms with E-state index in [0.717, 1.165) is 38.7 Å². The lowest BCUT2D eigenvalue weighted by Gasteiger charge is -2.63. The highest BCUT2D eigenvalue weighted by Crippen LogP contribution is 2.63. The zero-order valence-electron chi connectivity index (χ0n) is 20.5. The van der Waals surface area contributed by atoms with Gasteiger partial charge in [0.25, 0.3) is 0 Å². The van der Waals surface area contributed by atoms with E-state index in [0.29, 0.717) is 30.1 Å². The second-order valence-corrected chi connectivity index (χ2v) is 11.4. The van der Waals surface area contributed by atoms with Crippen LogP contribution in [0.4, 0.5) is 0 Å². The molecule has 3 saturated carbocycles. The molecule has 0 spiro atoms. The number of ether oxygens (including phenoxy) is 3. The Hall–Kier alpha value is -1.99.